The number of rotatable bonds is 8. The van der Waals surface area contributed by atoms with Gasteiger partial charge in [-0.25, -0.2) is 12.7 Å². The molecule has 1 aromatic carbocycles. The predicted molar refractivity (Wildman–Crippen MR) is 89.8 cm³/mol. The zero-order valence-corrected chi connectivity index (χ0v) is 14.8. The second-order valence-corrected chi connectivity index (χ2v) is 7.66. The Labute approximate surface area is 133 Å². The van der Waals surface area contributed by atoms with Crippen molar-refractivity contribution in [3.05, 3.63) is 24.3 Å². The molecular weight excluding hydrogens is 308 g/mol. The second-order valence-electron chi connectivity index (χ2n) is 5.13. The van der Waals surface area contributed by atoms with Gasteiger partial charge in [0.15, 0.2) is 0 Å². The molecule has 4 nitrogen and oxygen atoms in total. The van der Waals surface area contributed by atoms with Crippen molar-refractivity contribution < 1.29 is 8.42 Å². The first kappa shape index (κ1) is 18.3. The fourth-order valence-corrected chi connectivity index (χ4v) is 3.45. The largest absolute Gasteiger partial charge is 0.367 e. The highest BCUT2D eigenvalue weighted by molar-refractivity contribution is 7.89. The van der Waals surface area contributed by atoms with Crippen LogP contribution in [0.25, 0.3) is 0 Å². The fourth-order valence-electron chi connectivity index (χ4n) is 2.36. The van der Waals surface area contributed by atoms with Crippen molar-refractivity contribution in [3.63, 3.8) is 0 Å². The van der Waals surface area contributed by atoms with Crippen molar-refractivity contribution in [3.8, 4) is 0 Å². The van der Waals surface area contributed by atoms with E-state index in [4.69, 9.17) is 11.6 Å². The summed E-state index contributed by atoms with van der Waals surface area (Å²) in [5.41, 5.74) is 1.02. The molecule has 0 aromatic heterocycles. The standard InChI is InChI=1S/C15H25ClN2O2S/c1-5-13(6-2)18(12-11-16)14-7-9-15(10-8-14)21(19,20)17(3)4/h7-10,13H,5-6,11-12H2,1-4H3. The molecule has 1 rings (SSSR count). The van der Waals surface area contributed by atoms with Crippen LogP contribution in [0.5, 0.6) is 0 Å². The number of sulfonamides is 1. The lowest BCUT2D eigenvalue weighted by Crippen LogP contribution is -2.36. The maximum atomic E-state index is 12.1. The summed E-state index contributed by atoms with van der Waals surface area (Å²) in [5, 5.41) is 0. The lowest BCUT2D eigenvalue weighted by atomic mass is 10.1. The zero-order valence-electron chi connectivity index (χ0n) is 13.2. The molecule has 0 amide bonds. The number of nitrogens with zero attached hydrogens (tertiary/aromatic N) is 2. The molecule has 120 valence electrons. The van der Waals surface area contributed by atoms with Crippen molar-refractivity contribution in [2.45, 2.75) is 37.6 Å². The van der Waals surface area contributed by atoms with Crippen LogP contribution in [0.15, 0.2) is 29.2 Å². The Morgan fingerprint density at radius 2 is 1.62 bits per heavy atom. The van der Waals surface area contributed by atoms with E-state index in [-0.39, 0.29) is 0 Å². The van der Waals surface area contributed by atoms with Crippen molar-refractivity contribution >= 4 is 27.3 Å². The monoisotopic (exact) mass is 332 g/mol. The van der Waals surface area contributed by atoms with Gasteiger partial charge in [0.05, 0.1) is 4.90 Å². The smallest absolute Gasteiger partial charge is 0.242 e. The van der Waals surface area contributed by atoms with Gasteiger partial charge in [-0.2, -0.15) is 0 Å². The van der Waals surface area contributed by atoms with E-state index in [9.17, 15) is 8.42 Å². The van der Waals surface area contributed by atoms with Gasteiger partial charge in [0.1, 0.15) is 0 Å². The van der Waals surface area contributed by atoms with Gasteiger partial charge in [0.25, 0.3) is 0 Å². The molecule has 0 heterocycles. The lowest BCUT2D eigenvalue weighted by Gasteiger charge is -2.32. The van der Waals surface area contributed by atoms with Crippen LogP contribution in [0.4, 0.5) is 5.69 Å². The van der Waals surface area contributed by atoms with Crippen LogP contribution in [-0.2, 0) is 10.0 Å². The van der Waals surface area contributed by atoms with E-state index in [1.807, 2.05) is 12.1 Å². The first-order valence-electron chi connectivity index (χ1n) is 7.23. The molecule has 0 unspecified atom stereocenters. The highest BCUT2D eigenvalue weighted by Gasteiger charge is 2.19. The van der Waals surface area contributed by atoms with Gasteiger partial charge in [-0.1, -0.05) is 13.8 Å². The van der Waals surface area contributed by atoms with Crippen LogP contribution in [0.1, 0.15) is 26.7 Å². The number of hydrogen-bond donors (Lipinski definition) is 0. The number of benzene rings is 1. The molecule has 6 heteroatoms. The van der Waals surface area contributed by atoms with Crippen molar-refractivity contribution in [2.75, 3.05) is 31.4 Å². The third-order valence-corrected chi connectivity index (χ3v) is 5.65. The van der Waals surface area contributed by atoms with Gasteiger partial charge >= 0.3 is 0 Å². The summed E-state index contributed by atoms with van der Waals surface area (Å²) in [6.45, 7) is 5.06. The van der Waals surface area contributed by atoms with Gasteiger partial charge in [0.2, 0.25) is 10.0 Å². The molecule has 0 atom stereocenters. The van der Waals surface area contributed by atoms with Gasteiger partial charge in [0, 0.05) is 38.2 Å². The molecule has 0 saturated carbocycles. The van der Waals surface area contributed by atoms with Gasteiger partial charge in [-0.3, -0.25) is 0 Å². The molecular formula is C15H25ClN2O2S. The lowest BCUT2D eigenvalue weighted by molar-refractivity contribution is 0.520. The Morgan fingerprint density at radius 1 is 1.10 bits per heavy atom. The van der Waals surface area contributed by atoms with Crippen LogP contribution in [0.3, 0.4) is 0 Å². The minimum atomic E-state index is -3.37. The maximum Gasteiger partial charge on any atom is 0.242 e. The van der Waals surface area contributed by atoms with E-state index in [2.05, 4.69) is 18.7 Å². The Hall–Kier alpha value is -0.780. The first-order chi connectivity index (χ1) is 9.88. The average molecular weight is 333 g/mol. The summed E-state index contributed by atoms with van der Waals surface area (Å²) in [6.07, 6.45) is 2.07. The van der Waals surface area contributed by atoms with Gasteiger partial charge in [-0.05, 0) is 37.1 Å². The van der Waals surface area contributed by atoms with E-state index in [1.54, 1.807) is 12.1 Å². The van der Waals surface area contributed by atoms with Crippen LogP contribution in [0, 0.1) is 0 Å². The molecule has 0 bridgehead atoms. The van der Waals surface area contributed by atoms with E-state index >= 15 is 0 Å². The summed E-state index contributed by atoms with van der Waals surface area (Å²) in [7, 11) is -0.304. The van der Waals surface area contributed by atoms with Crippen LogP contribution < -0.4 is 4.90 Å². The van der Waals surface area contributed by atoms with E-state index in [0.717, 1.165) is 25.1 Å². The summed E-state index contributed by atoms with van der Waals surface area (Å²) in [4.78, 5) is 2.56. The van der Waals surface area contributed by atoms with Crippen LogP contribution >= 0.6 is 11.6 Å². The van der Waals surface area contributed by atoms with Crippen LogP contribution in [0.2, 0.25) is 0 Å². The second kappa shape index (κ2) is 8.01. The molecule has 0 aliphatic rings. The highest BCUT2D eigenvalue weighted by atomic mass is 35.5. The molecule has 0 saturated heterocycles. The Morgan fingerprint density at radius 3 is 2.00 bits per heavy atom. The molecule has 0 fully saturated rings. The topological polar surface area (TPSA) is 40.6 Å². The predicted octanol–water partition coefficient (Wildman–Crippen LogP) is 3.17. The minimum Gasteiger partial charge on any atom is -0.367 e. The quantitative estimate of drug-likeness (QED) is 0.686. The normalized spacial score (nSPS) is 12.1. The number of anilines is 1. The molecule has 0 N–H and O–H groups in total. The number of alkyl halides is 1. The van der Waals surface area contributed by atoms with E-state index in [1.165, 1.54) is 18.4 Å². The Kier molecular flexibility index (Phi) is 6.97. The third kappa shape index (κ3) is 4.34. The molecule has 1 aromatic rings. The number of hydrogen-bond acceptors (Lipinski definition) is 3. The number of halogens is 1. The maximum absolute atomic E-state index is 12.1. The van der Waals surface area contributed by atoms with Crippen molar-refractivity contribution in [1.82, 2.24) is 4.31 Å². The summed E-state index contributed by atoms with van der Waals surface area (Å²) < 4.78 is 25.4. The first-order valence-corrected chi connectivity index (χ1v) is 9.21. The average Bonchev–Trinajstić information content (AvgIpc) is 2.47. The van der Waals surface area contributed by atoms with Gasteiger partial charge in [-0.15, -0.1) is 11.6 Å². The molecule has 0 spiro atoms. The Balaban J connectivity index is 3.09. The molecule has 21 heavy (non-hydrogen) atoms. The summed E-state index contributed by atoms with van der Waals surface area (Å²) >= 11 is 5.91. The molecule has 0 aliphatic carbocycles. The van der Waals surface area contributed by atoms with Crippen LogP contribution in [-0.4, -0.2) is 45.3 Å². The zero-order chi connectivity index (χ0) is 16.0. The summed E-state index contributed by atoms with van der Waals surface area (Å²) in [5.74, 6) is 0.550. The van der Waals surface area contributed by atoms with Crippen molar-refractivity contribution in [2.24, 2.45) is 0 Å². The van der Waals surface area contributed by atoms with Crippen molar-refractivity contribution in [1.29, 1.82) is 0 Å². The summed E-state index contributed by atoms with van der Waals surface area (Å²) in [6, 6.07) is 7.46. The van der Waals surface area contributed by atoms with E-state index < -0.39 is 10.0 Å². The minimum absolute atomic E-state index is 0.312. The fraction of sp³-hybridized carbons (Fsp3) is 0.600. The SMILES string of the molecule is CCC(CC)N(CCCl)c1ccc(S(=O)(=O)N(C)C)cc1. The highest BCUT2D eigenvalue weighted by Crippen LogP contribution is 2.23. The third-order valence-electron chi connectivity index (χ3n) is 3.66. The molecule has 0 radical (unpaired) electrons. The van der Waals surface area contributed by atoms with E-state index in [0.29, 0.717) is 16.8 Å². The molecule has 0 aliphatic heterocycles. The Bertz CT molecular complexity index is 525. The van der Waals surface area contributed by atoms with Gasteiger partial charge < -0.3 is 4.90 Å².